The maximum Gasteiger partial charge on any atom is 0.223 e. The molecule has 3 aromatic rings. The molecule has 0 bridgehead atoms. The Morgan fingerprint density at radius 2 is 1.88 bits per heavy atom. The number of fused-ring (bicyclic) bond motifs is 1. The molecule has 1 saturated heterocycles. The summed E-state index contributed by atoms with van der Waals surface area (Å²) in [6.45, 7) is 2.80. The predicted octanol–water partition coefficient (Wildman–Crippen LogP) is 4.39. The molecule has 32 heavy (non-hydrogen) atoms. The Labute approximate surface area is 189 Å². The zero-order chi connectivity index (χ0) is 21.8. The molecule has 5 rings (SSSR count). The number of likely N-dealkylation sites (tertiary alicyclic amines) is 1. The number of aromatic nitrogens is 2. The first-order valence-corrected chi connectivity index (χ1v) is 11.8. The van der Waals surface area contributed by atoms with E-state index in [9.17, 15) is 5.11 Å². The first-order chi connectivity index (χ1) is 15.7. The highest BCUT2D eigenvalue weighted by molar-refractivity contribution is 5.80. The number of ether oxygens (including phenoxy) is 1. The summed E-state index contributed by atoms with van der Waals surface area (Å²) < 4.78 is 6.22. The van der Waals surface area contributed by atoms with Crippen LogP contribution in [0.3, 0.4) is 0 Å². The van der Waals surface area contributed by atoms with Crippen LogP contribution in [0.25, 0.3) is 10.9 Å². The van der Waals surface area contributed by atoms with Crippen LogP contribution < -0.4 is 10.1 Å². The number of nitrogens with zero attached hydrogens (tertiary/aromatic N) is 3. The molecule has 1 aliphatic carbocycles. The van der Waals surface area contributed by atoms with Gasteiger partial charge >= 0.3 is 0 Å². The normalized spacial score (nSPS) is 24.0. The van der Waals surface area contributed by atoms with E-state index in [1.54, 1.807) is 0 Å². The van der Waals surface area contributed by atoms with Crippen LogP contribution in [0.5, 0.6) is 5.75 Å². The Kier molecular flexibility index (Phi) is 6.51. The Morgan fingerprint density at radius 1 is 1.03 bits per heavy atom. The Hall–Kier alpha value is -2.70. The summed E-state index contributed by atoms with van der Waals surface area (Å²) in [4.78, 5) is 11.7. The van der Waals surface area contributed by atoms with Crippen molar-refractivity contribution in [1.82, 2.24) is 14.9 Å². The molecular weight excluding hydrogens is 400 g/mol. The predicted molar refractivity (Wildman–Crippen MR) is 127 cm³/mol. The van der Waals surface area contributed by atoms with Gasteiger partial charge in [-0.15, -0.1) is 0 Å². The molecule has 1 atom stereocenters. The first-order valence-electron chi connectivity index (χ1n) is 11.8. The molecule has 1 aliphatic heterocycles. The van der Waals surface area contributed by atoms with E-state index in [0.29, 0.717) is 24.6 Å². The number of aliphatic hydroxyl groups excluding tert-OH is 1. The molecule has 168 valence electrons. The molecular formula is C26H32N4O2. The van der Waals surface area contributed by atoms with Crippen molar-refractivity contribution in [3.05, 3.63) is 60.3 Å². The Balaban J connectivity index is 1.21. The number of hydrogen-bond donors (Lipinski definition) is 2. The van der Waals surface area contributed by atoms with Crippen LogP contribution in [-0.2, 0) is 6.54 Å². The lowest BCUT2D eigenvalue weighted by Gasteiger charge is -2.26. The van der Waals surface area contributed by atoms with Crippen molar-refractivity contribution in [3.63, 3.8) is 0 Å². The van der Waals surface area contributed by atoms with Gasteiger partial charge in [-0.1, -0.05) is 30.3 Å². The minimum absolute atomic E-state index is 0.159. The zero-order valence-electron chi connectivity index (χ0n) is 18.5. The van der Waals surface area contributed by atoms with Gasteiger partial charge in [-0.05, 0) is 62.8 Å². The van der Waals surface area contributed by atoms with Gasteiger partial charge in [-0.2, -0.15) is 0 Å². The van der Waals surface area contributed by atoms with Gasteiger partial charge in [0.2, 0.25) is 5.95 Å². The summed E-state index contributed by atoms with van der Waals surface area (Å²) in [6, 6.07) is 17.5. The maximum absolute atomic E-state index is 9.71. The zero-order valence-corrected chi connectivity index (χ0v) is 18.5. The highest BCUT2D eigenvalue weighted by atomic mass is 16.5. The summed E-state index contributed by atoms with van der Waals surface area (Å²) in [5.74, 6) is 1.51. The second kappa shape index (κ2) is 9.84. The van der Waals surface area contributed by atoms with E-state index in [2.05, 4.69) is 45.5 Å². The molecule has 0 unspecified atom stereocenters. The highest BCUT2D eigenvalue weighted by Gasteiger charge is 2.25. The van der Waals surface area contributed by atoms with Crippen molar-refractivity contribution >= 4 is 16.9 Å². The fourth-order valence-electron chi connectivity index (χ4n) is 4.87. The standard InChI is InChI=1S/C26H32N4O2/c31-23-11-9-21(10-12-23)28-26-27-16-20-8-13-24(15-25(20)29-26)32-18-22-7-4-14-30(22)17-19-5-2-1-3-6-19/h1-3,5-6,8,13,15-16,21-23,31H,4,7,9-12,14,17-18H2,(H,27,28,29)/t21-,22-,23-/m0/s1. The first kappa shape index (κ1) is 21.2. The van der Waals surface area contributed by atoms with Crippen molar-refractivity contribution in [1.29, 1.82) is 0 Å². The molecule has 1 saturated carbocycles. The summed E-state index contributed by atoms with van der Waals surface area (Å²) in [5.41, 5.74) is 2.25. The van der Waals surface area contributed by atoms with Crippen LogP contribution in [0.1, 0.15) is 44.1 Å². The van der Waals surface area contributed by atoms with Gasteiger partial charge in [-0.25, -0.2) is 9.97 Å². The SMILES string of the molecule is O[C@H]1CC[C@H](Nc2ncc3ccc(OC[C@@H]4CCCN4Cc4ccccc4)cc3n2)CC1. The summed E-state index contributed by atoms with van der Waals surface area (Å²) >= 11 is 0. The molecule has 0 radical (unpaired) electrons. The molecule has 6 nitrogen and oxygen atoms in total. The van der Waals surface area contributed by atoms with Crippen molar-refractivity contribution in [2.45, 2.75) is 63.3 Å². The summed E-state index contributed by atoms with van der Waals surface area (Å²) in [6.07, 6.45) is 7.68. The van der Waals surface area contributed by atoms with E-state index in [1.807, 2.05) is 24.4 Å². The number of benzene rings is 2. The van der Waals surface area contributed by atoms with E-state index in [-0.39, 0.29) is 6.10 Å². The van der Waals surface area contributed by atoms with E-state index < -0.39 is 0 Å². The van der Waals surface area contributed by atoms with Crippen molar-refractivity contribution < 1.29 is 9.84 Å². The van der Waals surface area contributed by atoms with Gasteiger partial charge in [0.05, 0.1) is 11.6 Å². The monoisotopic (exact) mass is 432 g/mol. The molecule has 1 aromatic heterocycles. The molecule has 2 N–H and O–H groups in total. The maximum atomic E-state index is 9.71. The Morgan fingerprint density at radius 3 is 2.72 bits per heavy atom. The highest BCUT2D eigenvalue weighted by Crippen LogP contribution is 2.25. The van der Waals surface area contributed by atoms with Crippen molar-refractivity contribution in [2.24, 2.45) is 0 Å². The third-order valence-corrected chi connectivity index (χ3v) is 6.75. The summed E-state index contributed by atoms with van der Waals surface area (Å²) in [5, 5.41) is 14.2. The fraction of sp³-hybridized carbons (Fsp3) is 0.462. The minimum Gasteiger partial charge on any atom is -0.492 e. The topological polar surface area (TPSA) is 70.5 Å². The molecule has 0 amide bonds. The van der Waals surface area contributed by atoms with Gasteiger partial charge in [0, 0.05) is 36.3 Å². The average Bonchev–Trinajstić information content (AvgIpc) is 3.26. The number of hydrogen-bond acceptors (Lipinski definition) is 6. The van der Waals surface area contributed by atoms with Gasteiger partial charge in [0.25, 0.3) is 0 Å². The fourth-order valence-corrected chi connectivity index (χ4v) is 4.87. The Bertz CT molecular complexity index is 1020. The van der Waals surface area contributed by atoms with E-state index in [1.165, 1.54) is 18.4 Å². The van der Waals surface area contributed by atoms with Crippen LogP contribution >= 0.6 is 0 Å². The largest absolute Gasteiger partial charge is 0.492 e. The molecule has 0 spiro atoms. The smallest absolute Gasteiger partial charge is 0.223 e. The van der Waals surface area contributed by atoms with Gasteiger partial charge in [-0.3, -0.25) is 4.90 Å². The third-order valence-electron chi connectivity index (χ3n) is 6.75. The molecule has 2 aromatic carbocycles. The van der Waals surface area contributed by atoms with E-state index >= 15 is 0 Å². The van der Waals surface area contributed by atoms with Crippen molar-refractivity contribution in [3.8, 4) is 5.75 Å². The lowest BCUT2D eigenvalue weighted by molar-refractivity contribution is 0.126. The number of aliphatic hydroxyl groups is 1. The van der Waals surface area contributed by atoms with Gasteiger partial charge in [0.1, 0.15) is 12.4 Å². The quantitative estimate of drug-likeness (QED) is 0.577. The summed E-state index contributed by atoms with van der Waals surface area (Å²) in [7, 11) is 0. The van der Waals surface area contributed by atoms with Crippen molar-refractivity contribution in [2.75, 3.05) is 18.5 Å². The van der Waals surface area contributed by atoms with Crippen LogP contribution in [0.4, 0.5) is 5.95 Å². The second-order valence-electron chi connectivity index (χ2n) is 9.13. The molecule has 6 heteroatoms. The molecule has 2 fully saturated rings. The van der Waals surface area contributed by atoms with E-state index in [4.69, 9.17) is 9.72 Å². The van der Waals surface area contributed by atoms with E-state index in [0.717, 1.165) is 55.4 Å². The lowest BCUT2D eigenvalue weighted by atomic mass is 9.93. The number of anilines is 1. The van der Waals surface area contributed by atoms with Crippen LogP contribution in [-0.4, -0.2) is 51.3 Å². The van der Waals surface area contributed by atoms with Gasteiger partial charge in [0.15, 0.2) is 0 Å². The number of rotatable bonds is 7. The number of nitrogens with one attached hydrogen (secondary N) is 1. The molecule has 2 aliphatic rings. The minimum atomic E-state index is -0.159. The second-order valence-corrected chi connectivity index (χ2v) is 9.13. The lowest BCUT2D eigenvalue weighted by Crippen LogP contribution is -2.33. The molecule has 2 heterocycles. The van der Waals surface area contributed by atoms with Gasteiger partial charge < -0.3 is 15.2 Å². The van der Waals surface area contributed by atoms with Crippen LogP contribution in [0, 0.1) is 0 Å². The third kappa shape index (κ3) is 5.19. The van der Waals surface area contributed by atoms with Crippen LogP contribution in [0.15, 0.2) is 54.7 Å². The average molecular weight is 433 g/mol. The van der Waals surface area contributed by atoms with Crippen LogP contribution in [0.2, 0.25) is 0 Å².